The maximum Gasteiger partial charge on any atom is 0.0499 e. The van der Waals surface area contributed by atoms with Gasteiger partial charge in [-0.15, -0.1) is 0 Å². The Kier molecular flexibility index (Phi) is 6.50. The van der Waals surface area contributed by atoms with Gasteiger partial charge in [0, 0.05) is 25.1 Å². The highest BCUT2D eigenvalue weighted by atomic mass is 16.3. The molecule has 0 unspecified atom stereocenters. The minimum Gasteiger partial charge on any atom is -0.396 e. The van der Waals surface area contributed by atoms with Crippen molar-refractivity contribution in [1.29, 1.82) is 0 Å². The van der Waals surface area contributed by atoms with Crippen molar-refractivity contribution in [3.8, 4) is 0 Å². The molecule has 1 N–H and O–H groups in total. The maximum absolute atomic E-state index is 9.68. The van der Waals surface area contributed by atoms with Gasteiger partial charge in [0.1, 0.15) is 0 Å². The molecule has 0 aromatic heterocycles. The van der Waals surface area contributed by atoms with Crippen LogP contribution in [0.5, 0.6) is 0 Å². The van der Waals surface area contributed by atoms with Gasteiger partial charge in [-0.25, -0.2) is 0 Å². The lowest BCUT2D eigenvalue weighted by Gasteiger charge is -2.35. The molecule has 102 valence electrons. The number of nitrogens with zero attached hydrogens (tertiary/aromatic N) is 1. The molecule has 0 amide bonds. The lowest BCUT2D eigenvalue weighted by molar-refractivity contribution is 0.0725. The lowest BCUT2D eigenvalue weighted by atomic mass is 9.86. The molecule has 0 atom stereocenters. The summed E-state index contributed by atoms with van der Waals surface area (Å²) in [7, 11) is 0. The van der Waals surface area contributed by atoms with E-state index in [9.17, 15) is 5.11 Å². The number of hydrogen-bond acceptors (Lipinski definition) is 2. The van der Waals surface area contributed by atoms with Crippen molar-refractivity contribution in [3.05, 3.63) is 0 Å². The summed E-state index contributed by atoms with van der Waals surface area (Å²) in [5.41, 5.74) is 0.224. The van der Waals surface area contributed by atoms with Crippen LogP contribution < -0.4 is 0 Å². The Balaban J connectivity index is 2.49. The Labute approximate surface area is 107 Å². The highest BCUT2D eigenvalue weighted by Gasteiger charge is 2.34. The van der Waals surface area contributed by atoms with Gasteiger partial charge < -0.3 is 10.0 Å². The van der Waals surface area contributed by atoms with Crippen LogP contribution in [-0.2, 0) is 0 Å². The minimum absolute atomic E-state index is 0.224. The molecule has 0 spiro atoms. The first-order chi connectivity index (χ1) is 8.19. The van der Waals surface area contributed by atoms with Gasteiger partial charge in [-0.05, 0) is 25.3 Å². The second kappa shape index (κ2) is 7.38. The fourth-order valence-electron chi connectivity index (χ4n) is 3.18. The van der Waals surface area contributed by atoms with Gasteiger partial charge in [0.05, 0.1) is 0 Å². The van der Waals surface area contributed by atoms with Crippen molar-refractivity contribution < 1.29 is 5.11 Å². The van der Waals surface area contributed by atoms with Crippen molar-refractivity contribution in [2.45, 2.75) is 59.3 Å². The Bertz CT molecular complexity index is 195. The van der Waals surface area contributed by atoms with E-state index in [0.29, 0.717) is 6.61 Å². The smallest absolute Gasteiger partial charge is 0.0499 e. The first kappa shape index (κ1) is 15.0. The number of aliphatic hydroxyl groups is 1. The van der Waals surface area contributed by atoms with Gasteiger partial charge in [0.2, 0.25) is 0 Å². The highest BCUT2D eigenvalue weighted by molar-refractivity contribution is 4.87. The van der Waals surface area contributed by atoms with Crippen LogP contribution in [0.1, 0.15) is 59.3 Å². The van der Waals surface area contributed by atoms with E-state index < -0.39 is 0 Å². The molecule has 17 heavy (non-hydrogen) atoms. The van der Waals surface area contributed by atoms with E-state index in [0.717, 1.165) is 19.0 Å². The molecule has 1 saturated carbocycles. The van der Waals surface area contributed by atoms with Crippen LogP contribution in [0.3, 0.4) is 0 Å². The Morgan fingerprint density at radius 2 is 1.71 bits per heavy atom. The van der Waals surface area contributed by atoms with Crippen LogP contribution in [0.25, 0.3) is 0 Å². The van der Waals surface area contributed by atoms with Crippen molar-refractivity contribution in [1.82, 2.24) is 4.90 Å². The van der Waals surface area contributed by atoms with Gasteiger partial charge in [-0.1, -0.05) is 46.5 Å². The summed E-state index contributed by atoms with van der Waals surface area (Å²) < 4.78 is 0. The normalized spacial score (nSPS) is 19.4. The first-order valence-corrected chi connectivity index (χ1v) is 7.53. The zero-order chi connectivity index (χ0) is 12.7. The lowest BCUT2D eigenvalue weighted by Crippen LogP contribution is -2.40. The topological polar surface area (TPSA) is 23.5 Å². The molecule has 1 fully saturated rings. The average Bonchev–Trinajstić information content (AvgIpc) is 2.83. The zero-order valence-corrected chi connectivity index (χ0v) is 12.0. The van der Waals surface area contributed by atoms with Crippen molar-refractivity contribution >= 4 is 0 Å². The van der Waals surface area contributed by atoms with Crippen LogP contribution in [-0.4, -0.2) is 36.2 Å². The zero-order valence-electron chi connectivity index (χ0n) is 12.0. The molecule has 0 aromatic rings. The van der Waals surface area contributed by atoms with Crippen LogP contribution in [0.2, 0.25) is 0 Å². The third-order valence-electron chi connectivity index (χ3n) is 4.68. The first-order valence-electron chi connectivity index (χ1n) is 7.53. The number of rotatable bonds is 8. The molecule has 1 aliphatic rings. The molecule has 0 radical (unpaired) electrons. The summed E-state index contributed by atoms with van der Waals surface area (Å²) in [6.45, 7) is 10.7. The highest BCUT2D eigenvalue weighted by Crippen LogP contribution is 2.38. The summed E-state index contributed by atoms with van der Waals surface area (Å²) in [5, 5.41) is 9.68. The standard InChI is InChI=1S/C15H31NO/c1-4-14(5-2)11-16(6-3)12-15(13-17)9-7-8-10-15/h14,17H,4-13H2,1-3H3. The van der Waals surface area contributed by atoms with E-state index in [-0.39, 0.29) is 5.41 Å². The Morgan fingerprint density at radius 3 is 2.12 bits per heavy atom. The van der Waals surface area contributed by atoms with Gasteiger partial charge in [-0.3, -0.25) is 0 Å². The minimum atomic E-state index is 0.224. The largest absolute Gasteiger partial charge is 0.396 e. The molecule has 0 heterocycles. The predicted octanol–water partition coefficient (Wildman–Crippen LogP) is 3.30. The van der Waals surface area contributed by atoms with Crippen LogP contribution in [0, 0.1) is 11.3 Å². The number of hydrogen-bond donors (Lipinski definition) is 1. The molecule has 0 bridgehead atoms. The van der Waals surface area contributed by atoms with Crippen molar-refractivity contribution in [3.63, 3.8) is 0 Å². The van der Waals surface area contributed by atoms with Crippen molar-refractivity contribution in [2.24, 2.45) is 11.3 Å². The summed E-state index contributed by atoms with van der Waals surface area (Å²) in [4.78, 5) is 2.57. The van der Waals surface area contributed by atoms with Gasteiger partial charge >= 0.3 is 0 Å². The summed E-state index contributed by atoms with van der Waals surface area (Å²) in [6, 6.07) is 0. The molecule has 1 aliphatic carbocycles. The van der Waals surface area contributed by atoms with Crippen LogP contribution in [0.4, 0.5) is 0 Å². The van der Waals surface area contributed by atoms with Crippen LogP contribution in [0.15, 0.2) is 0 Å². The van der Waals surface area contributed by atoms with E-state index in [1.54, 1.807) is 0 Å². The second-order valence-corrected chi connectivity index (χ2v) is 5.88. The average molecular weight is 241 g/mol. The van der Waals surface area contributed by atoms with E-state index >= 15 is 0 Å². The molecule has 0 aromatic carbocycles. The van der Waals surface area contributed by atoms with Gasteiger partial charge in [0.25, 0.3) is 0 Å². The molecule has 0 saturated heterocycles. The van der Waals surface area contributed by atoms with E-state index in [4.69, 9.17) is 0 Å². The molecule has 2 heteroatoms. The van der Waals surface area contributed by atoms with Gasteiger partial charge in [-0.2, -0.15) is 0 Å². The third kappa shape index (κ3) is 4.26. The predicted molar refractivity (Wildman–Crippen MR) is 74.2 cm³/mol. The monoisotopic (exact) mass is 241 g/mol. The molecule has 1 rings (SSSR count). The summed E-state index contributed by atoms with van der Waals surface area (Å²) in [5.74, 6) is 0.826. The SMILES string of the molecule is CCC(CC)CN(CC)CC1(CO)CCCC1. The fourth-order valence-corrected chi connectivity index (χ4v) is 3.18. The van der Waals surface area contributed by atoms with Crippen molar-refractivity contribution in [2.75, 3.05) is 26.2 Å². The van der Waals surface area contributed by atoms with Crippen LogP contribution >= 0.6 is 0 Å². The quantitative estimate of drug-likeness (QED) is 0.705. The maximum atomic E-state index is 9.68. The third-order valence-corrected chi connectivity index (χ3v) is 4.68. The summed E-state index contributed by atoms with van der Waals surface area (Å²) >= 11 is 0. The van der Waals surface area contributed by atoms with Gasteiger partial charge in [0.15, 0.2) is 0 Å². The van der Waals surface area contributed by atoms with E-state index in [1.165, 1.54) is 45.1 Å². The summed E-state index contributed by atoms with van der Waals surface area (Å²) in [6.07, 6.45) is 7.62. The molecular formula is C15H31NO. The molecule has 2 nitrogen and oxygen atoms in total. The Hall–Kier alpha value is -0.0800. The van der Waals surface area contributed by atoms with E-state index in [1.807, 2.05) is 0 Å². The molecule has 0 aliphatic heterocycles. The Morgan fingerprint density at radius 1 is 1.12 bits per heavy atom. The number of aliphatic hydroxyl groups excluding tert-OH is 1. The molecular weight excluding hydrogens is 210 g/mol. The van der Waals surface area contributed by atoms with E-state index in [2.05, 4.69) is 25.7 Å². The fraction of sp³-hybridized carbons (Fsp3) is 1.00. The second-order valence-electron chi connectivity index (χ2n) is 5.88.